The molecule has 0 bridgehead atoms. The zero-order valence-electron chi connectivity index (χ0n) is 13.2. The van der Waals surface area contributed by atoms with Gasteiger partial charge in [-0.15, -0.1) is 0 Å². The summed E-state index contributed by atoms with van der Waals surface area (Å²) in [6, 6.07) is -0.379. The van der Waals surface area contributed by atoms with Crippen LogP contribution in [0.1, 0.15) is 44.8 Å². The molecule has 1 saturated heterocycles. The van der Waals surface area contributed by atoms with E-state index in [4.69, 9.17) is 10.3 Å². The average molecular weight is 294 g/mol. The lowest BCUT2D eigenvalue weighted by molar-refractivity contribution is -0.134. The van der Waals surface area contributed by atoms with Crippen molar-refractivity contribution in [3.63, 3.8) is 0 Å². The molecule has 1 amide bonds. The summed E-state index contributed by atoms with van der Waals surface area (Å²) in [4.78, 5) is 18.5. The van der Waals surface area contributed by atoms with Crippen LogP contribution in [-0.2, 0) is 11.2 Å². The fraction of sp³-hybridized carbons (Fsp3) is 0.800. The van der Waals surface area contributed by atoms with Gasteiger partial charge < -0.3 is 15.2 Å². The third-order valence-corrected chi connectivity index (χ3v) is 3.91. The molecule has 2 N–H and O–H groups in total. The molecule has 6 nitrogen and oxygen atoms in total. The lowest BCUT2D eigenvalue weighted by atomic mass is 9.93. The molecule has 0 radical (unpaired) electrons. The molecule has 0 saturated carbocycles. The highest BCUT2D eigenvalue weighted by molar-refractivity contribution is 5.81. The summed E-state index contributed by atoms with van der Waals surface area (Å²) in [6.07, 6.45) is 3.61. The first-order chi connectivity index (χ1) is 9.95. The molecular formula is C15H26N4O2. The Hall–Kier alpha value is -1.43. The Morgan fingerprint density at radius 2 is 2.29 bits per heavy atom. The molecule has 1 aromatic rings. The number of rotatable bonds is 5. The summed E-state index contributed by atoms with van der Waals surface area (Å²) in [7, 11) is 0. The Morgan fingerprint density at radius 3 is 2.90 bits per heavy atom. The molecule has 2 heterocycles. The van der Waals surface area contributed by atoms with Crippen molar-refractivity contribution in [3.05, 3.63) is 11.7 Å². The summed E-state index contributed by atoms with van der Waals surface area (Å²) >= 11 is 0. The fourth-order valence-corrected chi connectivity index (χ4v) is 2.96. The smallest absolute Gasteiger partial charge is 0.239 e. The molecule has 1 fully saturated rings. The van der Waals surface area contributed by atoms with Gasteiger partial charge in [0.25, 0.3) is 0 Å². The van der Waals surface area contributed by atoms with Crippen LogP contribution in [0.25, 0.3) is 0 Å². The van der Waals surface area contributed by atoms with Crippen molar-refractivity contribution in [3.8, 4) is 0 Å². The predicted octanol–water partition coefficient (Wildman–Crippen LogP) is 1.53. The van der Waals surface area contributed by atoms with Gasteiger partial charge >= 0.3 is 0 Å². The molecule has 1 aliphatic rings. The lowest BCUT2D eigenvalue weighted by Gasteiger charge is -2.34. The normalized spacial score (nSPS) is 20.8. The minimum absolute atomic E-state index is 0.0812. The van der Waals surface area contributed by atoms with E-state index < -0.39 is 0 Å². The largest absolute Gasteiger partial charge is 0.341 e. The van der Waals surface area contributed by atoms with Gasteiger partial charge in [-0.2, -0.15) is 4.98 Å². The van der Waals surface area contributed by atoms with E-state index in [0.29, 0.717) is 17.7 Å². The van der Waals surface area contributed by atoms with Crippen LogP contribution in [0, 0.1) is 18.8 Å². The standard InChI is InChI=1S/C15H26N4O2/c1-10(2)7-13(16)15(20)19-6-4-5-12(9-19)8-14-17-11(3)21-18-14/h10,12-13H,4-9,16H2,1-3H3/t12-,13-/m0/s1. The van der Waals surface area contributed by atoms with Crippen LogP contribution in [0.5, 0.6) is 0 Å². The van der Waals surface area contributed by atoms with Gasteiger partial charge in [-0.25, -0.2) is 0 Å². The number of aryl methyl sites for hydroxylation is 1. The first kappa shape index (κ1) is 15.9. The van der Waals surface area contributed by atoms with Gasteiger partial charge in [0, 0.05) is 26.4 Å². The van der Waals surface area contributed by atoms with E-state index in [1.165, 1.54) is 0 Å². The van der Waals surface area contributed by atoms with E-state index in [1.54, 1.807) is 6.92 Å². The van der Waals surface area contributed by atoms with Crippen molar-refractivity contribution in [1.29, 1.82) is 0 Å². The molecule has 6 heteroatoms. The molecule has 0 spiro atoms. The van der Waals surface area contributed by atoms with Gasteiger partial charge in [-0.05, 0) is 31.1 Å². The van der Waals surface area contributed by atoms with E-state index in [9.17, 15) is 4.79 Å². The molecule has 1 aliphatic heterocycles. The molecule has 2 rings (SSSR count). The summed E-state index contributed by atoms with van der Waals surface area (Å²) in [5.41, 5.74) is 6.02. The number of aromatic nitrogens is 2. The van der Waals surface area contributed by atoms with E-state index >= 15 is 0 Å². The second-order valence-electron chi connectivity index (χ2n) is 6.46. The summed E-state index contributed by atoms with van der Waals surface area (Å²) < 4.78 is 5.00. The molecule has 0 unspecified atom stereocenters. The van der Waals surface area contributed by atoms with Crippen LogP contribution in [0.2, 0.25) is 0 Å². The topological polar surface area (TPSA) is 85.2 Å². The van der Waals surface area contributed by atoms with Gasteiger partial charge in [0.05, 0.1) is 6.04 Å². The average Bonchev–Trinajstić information content (AvgIpc) is 2.82. The molecular weight excluding hydrogens is 268 g/mol. The third-order valence-electron chi connectivity index (χ3n) is 3.91. The Bertz CT molecular complexity index is 472. The number of carbonyl (C=O) groups is 1. The number of carbonyl (C=O) groups excluding carboxylic acids is 1. The minimum Gasteiger partial charge on any atom is -0.341 e. The first-order valence-electron chi connectivity index (χ1n) is 7.79. The summed E-state index contributed by atoms with van der Waals surface area (Å²) in [5, 5.41) is 3.94. The SMILES string of the molecule is Cc1nc(C[C@@H]2CCCN(C(=O)[C@@H](N)CC(C)C)C2)no1. The summed E-state index contributed by atoms with van der Waals surface area (Å²) in [5.74, 6) is 2.24. The third kappa shape index (κ3) is 4.52. The molecule has 0 aliphatic carbocycles. The van der Waals surface area contributed by atoms with Crippen molar-refractivity contribution in [1.82, 2.24) is 15.0 Å². The number of nitrogens with two attached hydrogens (primary N) is 1. The Labute approximate surface area is 126 Å². The second kappa shape index (κ2) is 7.02. The number of piperidine rings is 1. The van der Waals surface area contributed by atoms with E-state index in [2.05, 4.69) is 24.0 Å². The van der Waals surface area contributed by atoms with Crippen molar-refractivity contribution < 1.29 is 9.32 Å². The van der Waals surface area contributed by atoms with Crippen molar-refractivity contribution >= 4 is 5.91 Å². The fourth-order valence-electron chi connectivity index (χ4n) is 2.96. The highest BCUT2D eigenvalue weighted by Crippen LogP contribution is 2.21. The highest BCUT2D eigenvalue weighted by atomic mass is 16.5. The van der Waals surface area contributed by atoms with Crippen LogP contribution in [0.4, 0.5) is 0 Å². The minimum atomic E-state index is -0.379. The van der Waals surface area contributed by atoms with Gasteiger partial charge in [0.15, 0.2) is 5.82 Å². The van der Waals surface area contributed by atoms with Crippen LogP contribution >= 0.6 is 0 Å². The zero-order chi connectivity index (χ0) is 15.4. The number of likely N-dealkylation sites (tertiary alicyclic amines) is 1. The van der Waals surface area contributed by atoms with Crippen LogP contribution in [-0.4, -0.2) is 40.1 Å². The van der Waals surface area contributed by atoms with Crippen molar-refractivity contribution in [2.75, 3.05) is 13.1 Å². The van der Waals surface area contributed by atoms with E-state index in [1.807, 2.05) is 4.90 Å². The van der Waals surface area contributed by atoms with Gasteiger partial charge in [0.1, 0.15) is 0 Å². The molecule has 2 atom stereocenters. The number of nitrogens with zero attached hydrogens (tertiary/aromatic N) is 3. The van der Waals surface area contributed by atoms with E-state index in [-0.39, 0.29) is 11.9 Å². The molecule has 118 valence electrons. The maximum Gasteiger partial charge on any atom is 0.239 e. The Balaban J connectivity index is 1.89. The number of hydrogen-bond donors (Lipinski definition) is 1. The Kier molecular flexibility index (Phi) is 5.33. The van der Waals surface area contributed by atoms with E-state index in [0.717, 1.165) is 44.6 Å². The van der Waals surface area contributed by atoms with Gasteiger partial charge in [-0.3, -0.25) is 4.79 Å². The zero-order valence-corrected chi connectivity index (χ0v) is 13.2. The van der Waals surface area contributed by atoms with Crippen LogP contribution in [0.3, 0.4) is 0 Å². The lowest BCUT2D eigenvalue weighted by Crippen LogP contribution is -2.48. The number of amides is 1. The monoisotopic (exact) mass is 294 g/mol. The predicted molar refractivity (Wildman–Crippen MR) is 79.5 cm³/mol. The molecule has 21 heavy (non-hydrogen) atoms. The van der Waals surface area contributed by atoms with Crippen molar-refractivity contribution in [2.45, 2.75) is 52.5 Å². The second-order valence-corrected chi connectivity index (χ2v) is 6.46. The Morgan fingerprint density at radius 1 is 1.52 bits per heavy atom. The summed E-state index contributed by atoms with van der Waals surface area (Å²) in [6.45, 7) is 7.53. The highest BCUT2D eigenvalue weighted by Gasteiger charge is 2.28. The number of hydrogen-bond acceptors (Lipinski definition) is 5. The van der Waals surface area contributed by atoms with Gasteiger partial charge in [-0.1, -0.05) is 19.0 Å². The van der Waals surface area contributed by atoms with Gasteiger partial charge in [0.2, 0.25) is 11.8 Å². The quantitative estimate of drug-likeness (QED) is 0.890. The first-order valence-corrected chi connectivity index (χ1v) is 7.79. The van der Waals surface area contributed by atoms with Crippen molar-refractivity contribution in [2.24, 2.45) is 17.6 Å². The van der Waals surface area contributed by atoms with Crippen LogP contribution in [0.15, 0.2) is 4.52 Å². The molecule has 1 aromatic heterocycles. The molecule has 0 aromatic carbocycles. The maximum atomic E-state index is 12.4. The van der Waals surface area contributed by atoms with Crippen LogP contribution < -0.4 is 5.73 Å². The maximum absolute atomic E-state index is 12.4.